The molecule has 0 aliphatic rings. The van der Waals surface area contributed by atoms with Crippen LogP contribution in [-0.4, -0.2) is 24.7 Å². The molecular weight excluding hydrogens is 363 g/mol. The number of hydrogen-bond donors (Lipinski definition) is 1. The van der Waals surface area contributed by atoms with Gasteiger partial charge in [0.1, 0.15) is 17.3 Å². The number of ether oxygens (including phenoxy) is 1. The first-order valence-electron chi connectivity index (χ1n) is 8.54. The Balaban J connectivity index is 1.64. The van der Waals surface area contributed by atoms with Crippen LogP contribution in [0.15, 0.2) is 70.2 Å². The number of hydrazone groups is 1. The predicted octanol–water partition coefficient (Wildman–Crippen LogP) is 4.03. The number of halogens is 1. The van der Waals surface area contributed by atoms with Gasteiger partial charge in [-0.1, -0.05) is 24.3 Å². The van der Waals surface area contributed by atoms with Crippen molar-refractivity contribution in [2.45, 2.75) is 6.92 Å². The second-order valence-electron chi connectivity index (χ2n) is 5.68. The van der Waals surface area contributed by atoms with Crippen LogP contribution in [0, 0.1) is 5.82 Å². The fourth-order valence-corrected chi connectivity index (χ4v) is 2.42. The zero-order valence-electron chi connectivity index (χ0n) is 15.0. The van der Waals surface area contributed by atoms with Crippen molar-refractivity contribution in [3.8, 4) is 11.3 Å². The summed E-state index contributed by atoms with van der Waals surface area (Å²) in [6, 6.07) is 15.8. The van der Waals surface area contributed by atoms with Crippen molar-refractivity contribution in [2.24, 2.45) is 5.10 Å². The van der Waals surface area contributed by atoms with Gasteiger partial charge >= 0.3 is 5.97 Å². The molecule has 1 N–H and O–H groups in total. The van der Waals surface area contributed by atoms with Crippen LogP contribution < -0.4 is 5.43 Å². The molecule has 0 radical (unpaired) electrons. The largest absolute Gasteiger partial charge is 0.462 e. The molecular formula is C21H17FN2O4. The fourth-order valence-electron chi connectivity index (χ4n) is 2.42. The van der Waals surface area contributed by atoms with E-state index in [-0.39, 0.29) is 11.5 Å². The summed E-state index contributed by atoms with van der Waals surface area (Å²) in [6.07, 6.45) is 1.31. The quantitative estimate of drug-likeness (QED) is 0.398. The molecule has 1 aromatic heterocycles. The van der Waals surface area contributed by atoms with Gasteiger partial charge in [0.25, 0.3) is 5.91 Å². The Kier molecular flexibility index (Phi) is 5.96. The number of furan rings is 1. The number of amides is 1. The molecule has 0 saturated carbocycles. The van der Waals surface area contributed by atoms with E-state index in [1.807, 2.05) is 0 Å². The summed E-state index contributed by atoms with van der Waals surface area (Å²) in [7, 11) is 0. The van der Waals surface area contributed by atoms with Gasteiger partial charge in [-0.25, -0.2) is 14.6 Å². The normalized spacial score (nSPS) is 10.8. The van der Waals surface area contributed by atoms with Crippen molar-refractivity contribution < 1.29 is 23.1 Å². The first-order valence-corrected chi connectivity index (χ1v) is 8.54. The van der Waals surface area contributed by atoms with Gasteiger partial charge in [-0.2, -0.15) is 5.10 Å². The van der Waals surface area contributed by atoms with Crippen molar-refractivity contribution in [3.63, 3.8) is 0 Å². The van der Waals surface area contributed by atoms with Crippen LogP contribution in [0.5, 0.6) is 0 Å². The predicted molar refractivity (Wildman–Crippen MR) is 102 cm³/mol. The summed E-state index contributed by atoms with van der Waals surface area (Å²) in [5.41, 5.74) is 3.37. The maximum Gasteiger partial charge on any atom is 0.338 e. The number of hydrogen-bond acceptors (Lipinski definition) is 5. The first-order chi connectivity index (χ1) is 13.6. The standard InChI is InChI=1S/C21H17FN2O4/c1-2-27-21(26)15-9-7-14(8-10-15)19-12-11-16(28-19)13-23-24-20(25)17-5-3-4-6-18(17)22/h3-13H,2H2,1H3,(H,24,25)/b23-13-. The summed E-state index contributed by atoms with van der Waals surface area (Å²) < 4.78 is 24.1. The van der Waals surface area contributed by atoms with Crippen LogP contribution in [0.4, 0.5) is 4.39 Å². The third-order valence-corrected chi connectivity index (χ3v) is 3.78. The summed E-state index contributed by atoms with van der Waals surface area (Å²) >= 11 is 0. The third-order valence-electron chi connectivity index (χ3n) is 3.78. The molecule has 0 saturated heterocycles. The topological polar surface area (TPSA) is 80.9 Å². The first kappa shape index (κ1) is 19.0. The third kappa shape index (κ3) is 4.50. The maximum absolute atomic E-state index is 13.5. The monoisotopic (exact) mass is 380 g/mol. The lowest BCUT2D eigenvalue weighted by Crippen LogP contribution is -2.18. The molecule has 0 aliphatic carbocycles. The van der Waals surface area contributed by atoms with Crippen molar-refractivity contribution >= 4 is 18.1 Å². The number of nitrogens with one attached hydrogen (secondary N) is 1. The van der Waals surface area contributed by atoms with Gasteiger partial charge in [0.2, 0.25) is 0 Å². The minimum absolute atomic E-state index is 0.0959. The Morgan fingerprint density at radius 1 is 1.11 bits per heavy atom. The van der Waals surface area contributed by atoms with Crippen LogP contribution in [0.25, 0.3) is 11.3 Å². The smallest absolute Gasteiger partial charge is 0.338 e. The molecule has 7 heteroatoms. The Hall–Kier alpha value is -3.74. The Labute approximate surface area is 160 Å². The number of benzene rings is 2. The summed E-state index contributed by atoms with van der Waals surface area (Å²) in [4.78, 5) is 23.6. The van der Waals surface area contributed by atoms with Gasteiger partial charge in [-0.3, -0.25) is 4.79 Å². The van der Waals surface area contributed by atoms with Crippen LogP contribution in [-0.2, 0) is 4.74 Å². The van der Waals surface area contributed by atoms with Gasteiger partial charge in [0.15, 0.2) is 0 Å². The summed E-state index contributed by atoms with van der Waals surface area (Å²) in [6.45, 7) is 2.06. The van der Waals surface area contributed by atoms with Gasteiger partial charge in [-0.15, -0.1) is 0 Å². The zero-order valence-corrected chi connectivity index (χ0v) is 15.0. The highest BCUT2D eigenvalue weighted by Gasteiger charge is 2.10. The number of carbonyl (C=O) groups is 2. The van der Waals surface area contributed by atoms with E-state index < -0.39 is 11.7 Å². The molecule has 0 bridgehead atoms. The Morgan fingerprint density at radius 3 is 2.57 bits per heavy atom. The minimum Gasteiger partial charge on any atom is -0.462 e. The molecule has 0 spiro atoms. The molecule has 1 amide bonds. The van der Waals surface area contributed by atoms with E-state index in [0.717, 1.165) is 5.56 Å². The van der Waals surface area contributed by atoms with E-state index in [1.165, 1.54) is 24.4 Å². The van der Waals surface area contributed by atoms with E-state index in [0.29, 0.717) is 23.7 Å². The average Bonchev–Trinajstić information content (AvgIpc) is 3.17. The van der Waals surface area contributed by atoms with Gasteiger partial charge < -0.3 is 9.15 Å². The van der Waals surface area contributed by atoms with Crippen LogP contribution >= 0.6 is 0 Å². The Morgan fingerprint density at radius 2 is 1.86 bits per heavy atom. The highest BCUT2D eigenvalue weighted by atomic mass is 19.1. The number of rotatable bonds is 6. The lowest BCUT2D eigenvalue weighted by atomic mass is 10.1. The van der Waals surface area contributed by atoms with E-state index in [4.69, 9.17) is 9.15 Å². The molecule has 2 aromatic carbocycles. The molecule has 142 valence electrons. The molecule has 28 heavy (non-hydrogen) atoms. The molecule has 6 nitrogen and oxygen atoms in total. The van der Waals surface area contributed by atoms with E-state index in [9.17, 15) is 14.0 Å². The number of carbonyl (C=O) groups excluding carboxylic acids is 2. The highest BCUT2D eigenvalue weighted by Crippen LogP contribution is 2.22. The van der Waals surface area contributed by atoms with Crippen molar-refractivity contribution in [1.29, 1.82) is 0 Å². The molecule has 1 heterocycles. The molecule has 0 aliphatic heterocycles. The molecule has 3 aromatic rings. The van der Waals surface area contributed by atoms with Crippen molar-refractivity contribution in [3.05, 3.63) is 83.4 Å². The van der Waals surface area contributed by atoms with E-state index in [1.54, 1.807) is 49.4 Å². The van der Waals surface area contributed by atoms with E-state index >= 15 is 0 Å². The Bertz CT molecular complexity index is 1010. The average molecular weight is 380 g/mol. The van der Waals surface area contributed by atoms with Crippen LogP contribution in [0.1, 0.15) is 33.4 Å². The van der Waals surface area contributed by atoms with Gasteiger partial charge in [-0.05, 0) is 43.3 Å². The zero-order chi connectivity index (χ0) is 19.9. The molecule has 3 rings (SSSR count). The molecule has 0 unspecified atom stereocenters. The summed E-state index contributed by atoms with van der Waals surface area (Å²) in [5, 5.41) is 3.78. The highest BCUT2D eigenvalue weighted by molar-refractivity contribution is 5.95. The second-order valence-corrected chi connectivity index (χ2v) is 5.68. The van der Waals surface area contributed by atoms with Gasteiger partial charge in [0, 0.05) is 5.56 Å². The van der Waals surface area contributed by atoms with E-state index in [2.05, 4.69) is 10.5 Å². The van der Waals surface area contributed by atoms with Crippen molar-refractivity contribution in [2.75, 3.05) is 6.61 Å². The second kappa shape index (κ2) is 8.77. The lowest BCUT2D eigenvalue weighted by Gasteiger charge is -2.02. The SMILES string of the molecule is CCOC(=O)c1ccc(-c2ccc(/C=N\NC(=O)c3ccccc3F)o2)cc1. The molecule has 0 fully saturated rings. The summed E-state index contributed by atoms with van der Waals surface area (Å²) in [5.74, 6) is -0.695. The minimum atomic E-state index is -0.657. The van der Waals surface area contributed by atoms with Crippen LogP contribution in [0.2, 0.25) is 0 Å². The molecule has 0 atom stereocenters. The fraction of sp³-hybridized carbons (Fsp3) is 0.0952. The lowest BCUT2D eigenvalue weighted by molar-refractivity contribution is 0.0526. The van der Waals surface area contributed by atoms with Crippen molar-refractivity contribution in [1.82, 2.24) is 5.43 Å². The number of esters is 1. The number of nitrogens with zero attached hydrogens (tertiary/aromatic N) is 1. The van der Waals surface area contributed by atoms with Crippen LogP contribution in [0.3, 0.4) is 0 Å². The maximum atomic E-state index is 13.5. The van der Waals surface area contributed by atoms with Gasteiger partial charge in [0.05, 0.1) is 23.9 Å².